The summed E-state index contributed by atoms with van der Waals surface area (Å²) < 4.78 is 17.1. The lowest BCUT2D eigenvalue weighted by molar-refractivity contribution is 0.0526. The number of nitriles is 1. The van der Waals surface area contributed by atoms with Gasteiger partial charge in [-0.3, -0.25) is 9.97 Å². The first kappa shape index (κ1) is 21.9. The minimum atomic E-state index is -0.364. The summed E-state index contributed by atoms with van der Waals surface area (Å²) in [6.45, 7) is 2.09. The molecule has 0 amide bonds. The largest absolute Gasteiger partial charge is 0.462 e. The Labute approximate surface area is 201 Å². The van der Waals surface area contributed by atoms with Crippen molar-refractivity contribution in [3.63, 3.8) is 0 Å². The molecule has 0 aliphatic carbocycles. The number of ether oxygens (including phenoxy) is 2. The Hall–Kier alpha value is -4.96. The molecule has 0 fully saturated rings. The van der Waals surface area contributed by atoms with Crippen molar-refractivity contribution in [2.45, 2.75) is 6.92 Å². The maximum Gasteiger partial charge on any atom is 0.338 e. The summed E-state index contributed by atoms with van der Waals surface area (Å²) in [5.74, 6) is 1.24. The van der Waals surface area contributed by atoms with E-state index < -0.39 is 0 Å². The summed E-state index contributed by atoms with van der Waals surface area (Å²) in [7, 11) is 0. The van der Waals surface area contributed by atoms with Gasteiger partial charge in [0.15, 0.2) is 5.58 Å². The predicted octanol–water partition coefficient (Wildman–Crippen LogP) is 6.40. The Morgan fingerprint density at radius 2 is 1.86 bits per heavy atom. The van der Waals surface area contributed by atoms with Crippen LogP contribution >= 0.6 is 0 Å². The Balaban J connectivity index is 1.49. The lowest BCUT2D eigenvalue weighted by Gasteiger charge is -2.09. The zero-order chi connectivity index (χ0) is 24.2. The SMILES string of the molecule is CCOC(=O)c1ccc(-c2cc3nccc(-c4ccc(Oc5cccnc5)c(C#N)c4)c3o2)cc1. The third kappa shape index (κ3) is 4.45. The maximum absolute atomic E-state index is 11.9. The van der Waals surface area contributed by atoms with Gasteiger partial charge in [0.2, 0.25) is 0 Å². The third-order valence-corrected chi connectivity index (χ3v) is 5.37. The molecule has 5 aromatic rings. The molecular formula is C28H19N3O4. The average molecular weight is 461 g/mol. The molecule has 0 saturated carbocycles. The molecule has 0 saturated heterocycles. The minimum absolute atomic E-state index is 0.322. The van der Waals surface area contributed by atoms with E-state index in [4.69, 9.17) is 13.9 Å². The van der Waals surface area contributed by atoms with Gasteiger partial charge in [-0.05, 0) is 55.0 Å². The predicted molar refractivity (Wildman–Crippen MR) is 130 cm³/mol. The van der Waals surface area contributed by atoms with Crippen molar-refractivity contribution >= 4 is 17.1 Å². The molecule has 0 radical (unpaired) electrons. The summed E-state index contributed by atoms with van der Waals surface area (Å²) in [5.41, 5.74) is 4.54. The summed E-state index contributed by atoms with van der Waals surface area (Å²) >= 11 is 0. The van der Waals surface area contributed by atoms with Gasteiger partial charge in [-0.15, -0.1) is 0 Å². The standard InChI is InChI=1S/C28H19N3O4/c1-2-33-28(32)19-7-5-18(6-8-19)26-15-24-27(35-26)23(11-13-31-24)20-9-10-25(21(14-20)16-29)34-22-4-3-12-30-17-22/h3-15,17H,2H2,1H3. The summed E-state index contributed by atoms with van der Waals surface area (Å²) in [6.07, 6.45) is 4.94. The molecule has 0 aliphatic rings. The Morgan fingerprint density at radius 3 is 2.60 bits per heavy atom. The molecule has 0 atom stereocenters. The zero-order valence-electron chi connectivity index (χ0n) is 18.8. The molecule has 0 unspecified atom stereocenters. The Kier molecular flexibility index (Phi) is 5.93. The van der Waals surface area contributed by atoms with Crippen LogP contribution in [-0.4, -0.2) is 22.5 Å². The van der Waals surface area contributed by atoms with E-state index in [9.17, 15) is 10.1 Å². The molecule has 3 heterocycles. The molecule has 35 heavy (non-hydrogen) atoms. The van der Waals surface area contributed by atoms with Gasteiger partial charge in [-0.25, -0.2) is 4.79 Å². The average Bonchev–Trinajstić information content (AvgIpc) is 3.34. The molecule has 0 spiro atoms. The zero-order valence-corrected chi connectivity index (χ0v) is 18.8. The number of pyridine rings is 2. The van der Waals surface area contributed by atoms with Crippen molar-refractivity contribution < 1.29 is 18.7 Å². The second kappa shape index (κ2) is 9.49. The van der Waals surface area contributed by atoms with Crippen molar-refractivity contribution in [2.24, 2.45) is 0 Å². The lowest BCUT2D eigenvalue weighted by Crippen LogP contribution is -2.03. The van der Waals surface area contributed by atoms with Crippen LogP contribution in [0, 0.1) is 11.3 Å². The number of furan rings is 1. The van der Waals surface area contributed by atoms with Crippen molar-refractivity contribution in [3.8, 4) is 40.0 Å². The van der Waals surface area contributed by atoms with E-state index in [0.29, 0.717) is 46.1 Å². The normalized spacial score (nSPS) is 10.6. The second-order valence-electron chi connectivity index (χ2n) is 7.59. The van der Waals surface area contributed by atoms with E-state index >= 15 is 0 Å². The quantitative estimate of drug-likeness (QED) is 0.270. The van der Waals surface area contributed by atoms with Gasteiger partial charge in [0.05, 0.1) is 23.9 Å². The molecule has 0 aliphatic heterocycles. The van der Waals surface area contributed by atoms with Gasteiger partial charge < -0.3 is 13.9 Å². The molecule has 0 N–H and O–H groups in total. The smallest absolute Gasteiger partial charge is 0.338 e. The number of hydrogen-bond acceptors (Lipinski definition) is 7. The van der Waals surface area contributed by atoms with Gasteiger partial charge in [0.1, 0.15) is 28.8 Å². The highest BCUT2D eigenvalue weighted by molar-refractivity contribution is 5.93. The van der Waals surface area contributed by atoms with Crippen molar-refractivity contribution in [1.29, 1.82) is 5.26 Å². The van der Waals surface area contributed by atoms with E-state index in [2.05, 4.69) is 16.0 Å². The molecule has 5 rings (SSSR count). The van der Waals surface area contributed by atoms with Crippen LogP contribution in [0.25, 0.3) is 33.6 Å². The van der Waals surface area contributed by atoms with Crippen LogP contribution in [0.5, 0.6) is 11.5 Å². The fraction of sp³-hybridized carbons (Fsp3) is 0.0714. The van der Waals surface area contributed by atoms with Gasteiger partial charge in [0, 0.05) is 29.6 Å². The van der Waals surface area contributed by atoms with Crippen LogP contribution in [0.2, 0.25) is 0 Å². The van der Waals surface area contributed by atoms with Crippen molar-refractivity contribution in [1.82, 2.24) is 9.97 Å². The number of carbonyl (C=O) groups is 1. The van der Waals surface area contributed by atoms with Gasteiger partial charge in [-0.2, -0.15) is 5.26 Å². The van der Waals surface area contributed by atoms with E-state index in [0.717, 1.165) is 16.7 Å². The molecule has 170 valence electrons. The number of nitrogens with zero attached hydrogens (tertiary/aromatic N) is 3. The van der Waals surface area contributed by atoms with Gasteiger partial charge >= 0.3 is 5.97 Å². The van der Waals surface area contributed by atoms with Gasteiger partial charge in [0.25, 0.3) is 0 Å². The van der Waals surface area contributed by atoms with Crippen LogP contribution in [-0.2, 0) is 4.74 Å². The highest BCUT2D eigenvalue weighted by atomic mass is 16.5. The number of rotatable bonds is 6. The number of fused-ring (bicyclic) bond motifs is 1. The highest BCUT2D eigenvalue weighted by Gasteiger charge is 2.15. The van der Waals surface area contributed by atoms with Crippen LogP contribution < -0.4 is 4.74 Å². The summed E-state index contributed by atoms with van der Waals surface area (Å²) in [6, 6.07) is 21.8. The van der Waals surface area contributed by atoms with E-state index in [-0.39, 0.29) is 5.97 Å². The number of aromatic nitrogens is 2. The number of esters is 1. The molecule has 7 nitrogen and oxygen atoms in total. The van der Waals surface area contributed by atoms with E-state index in [1.807, 2.05) is 30.3 Å². The number of carbonyl (C=O) groups excluding carboxylic acids is 1. The van der Waals surface area contributed by atoms with Crippen LogP contribution in [0.1, 0.15) is 22.8 Å². The summed E-state index contributed by atoms with van der Waals surface area (Å²) in [4.78, 5) is 20.4. The van der Waals surface area contributed by atoms with Crippen LogP contribution in [0.15, 0.2) is 89.7 Å². The van der Waals surface area contributed by atoms with E-state index in [1.54, 1.807) is 61.9 Å². The molecule has 0 bridgehead atoms. The fourth-order valence-electron chi connectivity index (χ4n) is 3.70. The molecule has 2 aromatic carbocycles. The van der Waals surface area contributed by atoms with E-state index in [1.165, 1.54) is 0 Å². The first-order valence-corrected chi connectivity index (χ1v) is 10.9. The summed E-state index contributed by atoms with van der Waals surface area (Å²) in [5, 5.41) is 9.71. The lowest BCUT2D eigenvalue weighted by atomic mass is 10.0. The maximum atomic E-state index is 11.9. The Morgan fingerprint density at radius 1 is 1.03 bits per heavy atom. The monoisotopic (exact) mass is 461 g/mol. The van der Waals surface area contributed by atoms with Crippen LogP contribution in [0.3, 0.4) is 0 Å². The second-order valence-corrected chi connectivity index (χ2v) is 7.59. The number of hydrogen-bond donors (Lipinski definition) is 0. The number of benzene rings is 2. The first-order valence-electron chi connectivity index (χ1n) is 10.9. The topological polar surface area (TPSA) is 98.2 Å². The molecular weight excluding hydrogens is 442 g/mol. The fourth-order valence-corrected chi connectivity index (χ4v) is 3.70. The first-order chi connectivity index (χ1) is 17.2. The third-order valence-electron chi connectivity index (χ3n) is 5.37. The Bertz CT molecular complexity index is 1550. The molecule has 3 aromatic heterocycles. The highest BCUT2D eigenvalue weighted by Crippen LogP contribution is 2.36. The van der Waals surface area contributed by atoms with Crippen molar-refractivity contribution in [3.05, 3.63) is 96.4 Å². The minimum Gasteiger partial charge on any atom is -0.462 e. The van der Waals surface area contributed by atoms with Crippen molar-refractivity contribution in [2.75, 3.05) is 6.61 Å². The molecule has 7 heteroatoms. The van der Waals surface area contributed by atoms with Crippen LogP contribution in [0.4, 0.5) is 0 Å². The van der Waals surface area contributed by atoms with Gasteiger partial charge in [-0.1, -0.05) is 18.2 Å².